The molecule has 0 bridgehead atoms. The second kappa shape index (κ2) is 35.3. The van der Waals surface area contributed by atoms with E-state index >= 15 is 0 Å². The second-order valence-corrected chi connectivity index (χ2v) is 15.2. The fourth-order valence-electron chi connectivity index (χ4n) is 5.53. The van der Waals surface area contributed by atoms with Crippen LogP contribution in [0.5, 0.6) is 0 Å². The summed E-state index contributed by atoms with van der Waals surface area (Å²) in [6, 6.07) is -1.52. The molecule has 11 nitrogen and oxygen atoms in total. The highest BCUT2D eigenvalue weighted by Crippen LogP contribution is 2.43. The van der Waals surface area contributed by atoms with Crippen molar-refractivity contribution in [2.75, 3.05) is 19.8 Å². The van der Waals surface area contributed by atoms with Crippen LogP contribution in [0.25, 0.3) is 0 Å². The summed E-state index contributed by atoms with van der Waals surface area (Å²) in [5.74, 6) is -2.38. The number of carbonyl (C=O) groups is 3. The van der Waals surface area contributed by atoms with E-state index in [9.17, 15) is 23.8 Å². The van der Waals surface area contributed by atoms with E-state index in [1.165, 1.54) is 103 Å². The zero-order chi connectivity index (χ0) is 37.8. The van der Waals surface area contributed by atoms with Gasteiger partial charge < -0.3 is 25.2 Å². The van der Waals surface area contributed by atoms with Gasteiger partial charge in [-0.3, -0.25) is 23.4 Å². The van der Waals surface area contributed by atoms with Gasteiger partial charge in [-0.25, -0.2) is 4.57 Å². The lowest BCUT2D eigenvalue weighted by Crippen LogP contribution is -2.34. The molecule has 0 aliphatic heterocycles. The van der Waals surface area contributed by atoms with Crippen LogP contribution in [-0.4, -0.2) is 59.9 Å². The van der Waals surface area contributed by atoms with Gasteiger partial charge in [0.1, 0.15) is 12.6 Å². The van der Waals surface area contributed by atoms with E-state index in [2.05, 4.69) is 30.5 Å². The summed E-state index contributed by atoms with van der Waals surface area (Å²) in [5, 5.41) is 8.86. The third kappa shape index (κ3) is 35.0. The molecule has 3 atom stereocenters. The topological polar surface area (TPSA) is 172 Å². The molecule has 0 saturated heterocycles. The quantitative estimate of drug-likeness (QED) is 0.0237. The zero-order valence-corrected chi connectivity index (χ0v) is 33.1. The fraction of sp³-hybridized carbons (Fsp3) is 0.872. The SMILES string of the molecule is CCCCCCCC/C=C/CCCCCCCCCC(=O)OC[C@@H](COP(=O)(O)OC[C@@H](N)C(=O)O)OC(=O)CCCCCCCCCCCC. The lowest BCUT2D eigenvalue weighted by Gasteiger charge is -2.20. The number of hydrogen-bond donors (Lipinski definition) is 3. The molecule has 0 fully saturated rings. The number of hydrogen-bond acceptors (Lipinski definition) is 9. The maximum absolute atomic E-state index is 12.5. The molecule has 4 N–H and O–H groups in total. The summed E-state index contributed by atoms with van der Waals surface area (Å²) in [4.78, 5) is 45.7. The monoisotopic (exact) mass is 748 g/mol. The van der Waals surface area contributed by atoms with Crippen molar-refractivity contribution in [3.8, 4) is 0 Å². The summed E-state index contributed by atoms with van der Waals surface area (Å²) in [7, 11) is -4.70. The molecule has 0 heterocycles. The normalized spacial score (nSPS) is 14.0. The predicted octanol–water partition coefficient (Wildman–Crippen LogP) is 10.1. The number of allylic oxidation sites excluding steroid dienone is 2. The van der Waals surface area contributed by atoms with E-state index in [0.717, 1.165) is 44.9 Å². The van der Waals surface area contributed by atoms with Gasteiger partial charge in [-0.05, 0) is 38.5 Å². The van der Waals surface area contributed by atoms with Gasteiger partial charge in [0.25, 0.3) is 0 Å². The van der Waals surface area contributed by atoms with Gasteiger partial charge >= 0.3 is 25.7 Å². The van der Waals surface area contributed by atoms with Crippen molar-refractivity contribution in [2.24, 2.45) is 5.73 Å². The molecule has 300 valence electrons. The minimum atomic E-state index is -4.70. The Morgan fingerprint density at radius 3 is 1.43 bits per heavy atom. The standard InChI is InChI=1S/C39H74NO10P/c1-3-5-7-9-11-13-15-16-17-18-19-20-21-23-24-26-28-30-37(41)47-32-35(33-48-51(45,46)49-34-36(40)39(43)44)50-38(42)31-29-27-25-22-14-12-10-8-6-4-2/h16-17,35-36H,3-15,18-34,40H2,1-2H3,(H,43,44)(H,45,46)/b17-16+/t35-,36+/m0/s1. The van der Waals surface area contributed by atoms with Crippen LogP contribution in [0.3, 0.4) is 0 Å². The van der Waals surface area contributed by atoms with Crippen LogP contribution in [0.1, 0.15) is 187 Å². The van der Waals surface area contributed by atoms with Gasteiger partial charge in [-0.1, -0.05) is 148 Å². The van der Waals surface area contributed by atoms with Crippen molar-refractivity contribution in [1.29, 1.82) is 0 Å². The Morgan fingerprint density at radius 1 is 0.588 bits per heavy atom. The Balaban J connectivity index is 4.34. The summed E-state index contributed by atoms with van der Waals surface area (Å²) in [5.41, 5.74) is 5.32. The Hall–Kier alpha value is -1.78. The number of unbranched alkanes of at least 4 members (excludes halogenated alkanes) is 22. The second-order valence-electron chi connectivity index (χ2n) is 13.8. The van der Waals surface area contributed by atoms with E-state index in [1.807, 2.05) is 0 Å². The molecule has 0 radical (unpaired) electrons. The third-order valence-corrected chi connectivity index (χ3v) is 9.71. The van der Waals surface area contributed by atoms with E-state index in [-0.39, 0.29) is 19.4 Å². The molecular formula is C39H74NO10P. The van der Waals surface area contributed by atoms with Gasteiger partial charge in [-0.2, -0.15) is 0 Å². The number of rotatable bonds is 38. The zero-order valence-electron chi connectivity index (χ0n) is 32.2. The van der Waals surface area contributed by atoms with Crippen molar-refractivity contribution in [3.05, 3.63) is 12.2 Å². The molecule has 0 aromatic heterocycles. The number of carboxylic acids is 1. The molecule has 12 heteroatoms. The van der Waals surface area contributed by atoms with Crippen LogP contribution < -0.4 is 5.73 Å². The molecule has 0 aromatic carbocycles. The molecule has 0 amide bonds. The molecule has 1 unspecified atom stereocenters. The highest BCUT2D eigenvalue weighted by molar-refractivity contribution is 7.47. The number of carbonyl (C=O) groups excluding carboxylic acids is 2. The Morgan fingerprint density at radius 2 is 0.980 bits per heavy atom. The highest BCUT2D eigenvalue weighted by atomic mass is 31.2. The Bertz CT molecular complexity index is 932. The van der Waals surface area contributed by atoms with Crippen LogP contribution in [0.15, 0.2) is 12.2 Å². The van der Waals surface area contributed by atoms with Crippen molar-refractivity contribution in [1.82, 2.24) is 0 Å². The largest absolute Gasteiger partial charge is 0.480 e. The lowest BCUT2D eigenvalue weighted by atomic mass is 10.1. The summed E-state index contributed by atoms with van der Waals surface area (Å²) < 4.78 is 32.6. The van der Waals surface area contributed by atoms with Crippen molar-refractivity contribution >= 4 is 25.7 Å². The average Bonchev–Trinajstić information content (AvgIpc) is 3.10. The Kier molecular flexibility index (Phi) is 34.0. The van der Waals surface area contributed by atoms with E-state index in [0.29, 0.717) is 12.8 Å². The van der Waals surface area contributed by atoms with Crippen molar-refractivity contribution in [2.45, 2.75) is 199 Å². The van der Waals surface area contributed by atoms with Crippen molar-refractivity contribution in [3.63, 3.8) is 0 Å². The molecular weight excluding hydrogens is 673 g/mol. The maximum Gasteiger partial charge on any atom is 0.472 e. The first-order valence-electron chi connectivity index (χ1n) is 20.2. The Labute approximate surface area is 309 Å². The van der Waals surface area contributed by atoms with E-state index in [4.69, 9.17) is 24.8 Å². The van der Waals surface area contributed by atoms with Crippen LogP contribution in [-0.2, 0) is 37.5 Å². The maximum atomic E-state index is 12.5. The average molecular weight is 748 g/mol. The van der Waals surface area contributed by atoms with Crippen LogP contribution in [0.2, 0.25) is 0 Å². The van der Waals surface area contributed by atoms with Gasteiger partial charge in [-0.15, -0.1) is 0 Å². The van der Waals surface area contributed by atoms with Gasteiger partial charge in [0.15, 0.2) is 6.10 Å². The number of phosphoric acid groups is 1. The van der Waals surface area contributed by atoms with E-state index < -0.39 is 51.1 Å². The summed E-state index contributed by atoms with van der Waals surface area (Å²) >= 11 is 0. The van der Waals surface area contributed by atoms with Gasteiger partial charge in [0.05, 0.1) is 13.2 Å². The van der Waals surface area contributed by atoms with E-state index in [1.54, 1.807) is 0 Å². The first-order chi connectivity index (χ1) is 24.6. The first-order valence-corrected chi connectivity index (χ1v) is 21.7. The number of aliphatic carboxylic acids is 1. The number of phosphoric ester groups is 1. The number of nitrogens with two attached hydrogens (primary N) is 1. The van der Waals surface area contributed by atoms with Crippen LogP contribution in [0.4, 0.5) is 0 Å². The predicted molar refractivity (Wildman–Crippen MR) is 203 cm³/mol. The summed E-state index contributed by atoms with van der Waals surface area (Å²) in [6.45, 7) is 2.77. The van der Waals surface area contributed by atoms with Gasteiger partial charge in [0.2, 0.25) is 0 Å². The first kappa shape index (κ1) is 49.2. The minimum Gasteiger partial charge on any atom is -0.480 e. The lowest BCUT2D eigenvalue weighted by molar-refractivity contribution is -0.161. The fourth-order valence-corrected chi connectivity index (χ4v) is 6.31. The smallest absolute Gasteiger partial charge is 0.472 e. The van der Waals surface area contributed by atoms with Gasteiger partial charge in [0, 0.05) is 12.8 Å². The molecule has 0 spiro atoms. The highest BCUT2D eigenvalue weighted by Gasteiger charge is 2.28. The molecule has 51 heavy (non-hydrogen) atoms. The molecule has 0 aromatic rings. The third-order valence-electron chi connectivity index (χ3n) is 8.76. The number of esters is 2. The van der Waals surface area contributed by atoms with Crippen molar-refractivity contribution < 1.29 is 47.5 Å². The molecule has 0 aliphatic rings. The number of ether oxygens (including phenoxy) is 2. The molecule has 0 aliphatic carbocycles. The van der Waals surface area contributed by atoms with Crippen LogP contribution >= 0.6 is 7.82 Å². The molecule has 0 rings (SSSR count). The summed E-state index contributed by atoms with van der Waals surface area (Å²) in [6.07, 6.45) is 32.8. The van der Waals surface area contributed by atoms with Crippen LogP contribution in [0, 0.1) is 0 Å². The molecule has 0 saturated carbocycles. The number of carboxylic acid groups (broad SMARTS) is 1. The minimum absolute atomic E-state index is 0.164.